The van der Waals surface area contributed by atoms with Crippen LogP contribution in [0, 0.1) is 6.92 Å². The predicted octanol–water partition coefficient (Wildman–Crippen LogP) is 1.87. The first-order chi connectivity index (χ1) is 17.3. The first-order valence-corrected chi connectivity index (χ1v) is 12.4. The van der Waals surface area contributed by atoms with Gasteiger partial charge in [-0.1, -0.05) is 29.8 Å². The van der Waals surface area contributed by atoms with Crippen LogP contribution in [0.3, 0.4) is 0 Å². The predicted molar refractivity (Wildman–Crippen MR) is 136 cm³/mol. The molecule has 194 valence electrons. The molecule has 0 radical (unpaired) electrons. The first kappa shape index (κ1) is 25.8. The molecule has 0 unspecified atom stereocenters. The molecule has 2 aliphatic rings. The second-order valence-electron chi connectivity index (χ2n) is 9.69. The molecule has 0 bridgehead atoms. The summed E-state index contributed by atoms with van der Waals surface area (Å²) in [6, 6.07) is 15.5. The zero-order valence-electron chi connectivity index (χ0n) is 21.1. The molecule has 9 heteroatoms. The van der Waals surface area contributed by atoms with Gasteiger partial charge in [0, 0.05) is 46.2 Å². The zero-order chi connectivity index (χ0) is 25.5. The highest BCUT2D eigenvalue weighted by molar-refractivity contribution is 5.76. The van der Waals surface area contributed by atoms with Crippen molar-refractivity contribution in [3.63, 3.8) is 0 Å². The van der Waals surface area contributed by atoms with E-state index in [1.807, 2.05) is 55.5 Å². The minimum absolute atomic E-state index is 0.0426. The van der Waals surface area contributed by atoms with Gasteiger partial charge < -0.3 is 29.7 Å². The number of rotatable bonds is 9. The summed E-state index contributed by atoms with van der Waals surface area (Å²) in [5.74, 6) is 1.39. The Balaban J connectivity index is 1.33. The van der Waals surface area contributed by atoms with Crippen LogP contribution in [0.25, 0.3) is 0 Å². The van der Waals surface area contributed by atoms with E-state index in [2.05, 4.69) is 10.2 Å². The molecule has 2 aromatic carbocycles. The summed E-state index contributed by atoms with van der Waals surface area (Å²) in [7, 11) is 0. The number of β-amino-alcohol motifs (C(OH)–C–C–N with tert-alkyl or cyclic N) is 1. The maximum Gasteiger partial charge on any atom is 0.317 e. The van der Waals surface area contributed by atoms with Crippen LogP contribution in [0.5, 0.6) is 11.5 Å². The lowest BCUT2D eigenvalue weighted by Gasteiger charge is -2.32. The number of amides is 3. The van der Waals surface area contributed by atoms with E-state index < -0.39 is 5.60 Å². The largest absolute Gasteiger partial charge is 0.492 e. The van der Waals surface area contributed by atoms with Gasteiger partial charge in [-0.25, -0.2) is 4.79 Å². The fourth-order valence-electron chi connectivity index (χ4n) is 4.54. The van der Waals surface area contributed by atoms with Crippen LogP contribution < -0.4 is 14.8 Å². The van der Waals surface area contributed by atoms with Crippen LogP contribution in [0.1, 0.15) is 18.1 Å². The van der Waals surface area contributed by atoms with Crippen LogP contribution in [0.15, 0.2) is 48.5 Å². The first-order valence-electron chi connectivity index (χ1n) is 12.4. The highest BCUT2D eigenvalue weighted by atomic mass is 16.5. The van der Waals surface area contributed by atoms with Crippen molar-refractivity contribution in [1.82, 2.24) is 20.0 Å². The molecule has 2 saturated heterocycles. The lowest BCUT2D eigenvalue weighted by Crippen LogP contribution is -2.51. The fourth-order valence-corrected chi connectivity index (χ4v) is 4.54. The van der Waals surface area contributed by atoms with Crippen LogP contribution in [-0.2, 0) is 11.3 Å². The van der Waals surface area contributed by atoms with Gasteiger partial charge in [-0.15, -0.1) is 0 Å². The molecule has 36 heavy (non-hydrogen) atoms. The third-order valence-electron chi connectivity index (χ3n) is 6.57. The minimum atomic E-state index is -1.20. The molecule has 2 aliphatic heterocycles. The summed E-state index contributed by atoms with van der Waals surface area (Å²) in [5, 5.41) is 14.3. The van der Waals surface area contributed by atoms with Crippen LogP contribution >= 0.6 is 0 Å². The van der Waals surface area contributed by atoms with E-state index in [-0.39, 0.29) is 25.1 Å². The number of aryl methyl sites for hydroxylation is 1. The number of aliphatic hydroxyl groups is 1. The lowest BCUT2D eigenvalue weighted by atomic mass is 10.0. The Labute approximate surface area is 212 Å². The summed E-state index contributed by atoms with van der Waals surface area (Å²) < 4.78 is 11.7. The SMILES string of the molecule is CC(=O)N1CCN(Cc2ccc(OCCN3CCNC3=O)cc2)C[C@](O)(COc2ccc(C)cc2)C1. The lowest BCUT2D eigenvalue weighted by molar-refractivity contribution is -0.132. The zero-order valence-corrected chi connectivity index (χ0v) is 21.1. The average molecular weight is 497 g/mol. The van der Waals surface area contributed by atoms with Crippen molar-refractivity contribution in [1.29, 1.82) is 0 Å². The van der Waals surface area contributed by atoms with Crippen LogP contribution in [0.4, 0.5) is 4.79 Å². The monoisotopic (exact) mass is 496 g/mol. The van der Waals surface area contributed by atoms with Gasteiger partial charge in [-0.2, -0.15) is 0 Å². The van der Waals surface area contributed by atoms with E-state index >= 15 is 0 Å². The van der Waals surface area contributed by atoms with Crippen LogP contribution in [-0.4, -0.2) is 96.4 Å². The topological polar surface area (TPSA) is 94.6 Å². The summed E-state index contributed by atoms with van der Waals surface area (Å²) in [6.07, 6.45) is 0. The Morgan fingerprint density at radius 3 is 2.36 bits per heavy atom. The van der Waals surface area contributed by atoms with Gasteiger partial charge in [0.15, 0.2) is 0 Å². The van der Waals surface area contributed by atoms with Gasteiger partial charge in [0.05, 0.1) is 13.1 Å². The van der Waals surface area contributed by atoms with E-state index in [4.69, 9.17) is 9.47 Å². The highest BCUT2D eigenvalue weighted by Crippen LogP contribution is 2.21. The summed E-state index contributed by atoms with van der Waals surface area (Å²) in [5.41, 5.74) is 1.03. The molecule has 0 saturated carbocycles. The minimum Gasteiger partial charge on any atom is -0.492 e. The molecule has 2 heterocycles. The standard InChI is InChI=1S/C27H36N4O5/c1-21-3-7-25(8-4-21)36-20-27(34)18-29(13-14-31(19-27)22(2)32)17-23-5-9-24(10-6-23)35-16-15-30-12-11-28-26(30)33/h3-10,34H,11-20H2,1-2H3,(H,28,33)/t27-/m1/s1. The quantitative estimate of drug-likeness (QED) is 0.551. The number of ether oxygens (including phenoxy) is 2. The number of hydrogen-bond acceptors (Lipinski definition) is 6. The van der Waals surface area contributed by atoms with Crippen molar-refractivity contribution in [3.05, 3.63) is 59.7 Å². The highest BCUT2D eigenvalue weighted by Gasteiger charge is 2.36. The number of carbonyl (C=O) groups excluding carboxylic acids is 2. The third-order valence-corrected chi connectivity index (χ3v) is 6.57. The van der Waals surface area contributed by atoms with E-state index in [1.54, 1.807) is 9.80 Å². The molecule has 2 N–H and O–H groups in total. The van der Waals surface area contributed by atoms with Gasteiger partial charge in [-0.3, -0.25) is 9.69 Å². The number of nitrogens with zero attached hydrogens (tertiary/aromatic N) is 3. The van der Waals surface area contributed by atoms with E-state index in [0.717, 1.165) is 16.9 Å². The smallest absolute Gasteiger partial charge is 0.317 e. The van der Waals surface area contributed by atoms with Crippen molar-refractivity contribution in [2.75, 3.05) is 59.0 Å². The number of carbonyl (C=O) groups is 2. The second kappa shape index (κ2) is 11.6. The van der Waals surface area contributed by atoms with E-state index in [9.17, 15) is 14.7 Å². The molecule has 0 aliphatic carbocycles. The molecule has 0 aromatic heterocycles. The Morgan fingerprint density at radius 1 is 1.00 bits per heavy atom. The van der Waals surface area contributed by atoms with Gasteiger partial charge in [0.2, 0.25) is 5.91 Å². The Hall–Kier alpha value is -3.30. The van der Waals surface area contributed by atoms with Gasteiger partial charge >= 0.3 is 6.03 Å². The van der Waals surface area contributed by atoms with Crippen molar-refractivity contribution in [3.8, 4) is 11.5 Å². The number of nitrogens with one attached hydrogen (secondary N) is 1. The maximum absolute atomic E-state index is 12.2. The van der Waals surface area contributed by atoms with Crippen molar-refractivity contribution < 1.29 is 24.2 Å². The van der Waals surface area contributed by atoms with E-state index in [1.165, 1.54) is 6.92 Å². The molecule has 2 fully saturated rings. The fraction of sp³-hybridized carbons (Fsp3) is 0.481. The molecule has 4 rings (SSSR count). The molecule has 1 atom stereocenters. The Morgan fingerprint density at radius 2 is 1.69 bits per heavy atom. The molecular formula is C27H36N4O5. The Bertz CT molecular complexity index is 1030. The van der Waals surface area contributed by atoms with Crippen molar-refractivity contribution >= 4 is 11.9 Å². The summed E-state index contributed by atoms with van der Waals surface area (Å²) in [4.78, 5) is 29.4. The van der Waals surface area contributed by atoms with Gasteiger partial charge in [0.25, 0.3) is 0 Å². The van der Waals surface area contributed by atoms with Gasteiger partial charge in [0.1, 0.15) is 30.3 Å². The molecular weight excluding hydrogens is 460 g/mol. The van der Waals surface area contributed by atoms with Crippen molar-refractivity contribution in [2.24, 2.45) is 0 Å². The normalized spacial score (nSPS) is 20.7. The summed E-state index contributed by atoms with van der Waals surface area (Å²) >= 11 is 0. The average Bonchev–Trinajstić information content (AvgIpc) is 3.18. The number of hydrogen-bond donors (Lipinski definition) is 2. The third kappa shape index (κ3) is 7.11. The molecule has 0 spiro atoms. The second-order valence-corrected chi connectivity index (χ2v) is 9.69. The summed E-state index contributed by atoms with van der Waals surface area (Å²) in [6.45, 7) is 8.48. The number of urea groups is 1. The maximum atomic E-state index is 12.2. The van der Waals surface area contributed by atoms with Crippen LogP contribution in [0.2, 0.25) is 0 Å². The van der Waals surface area contributed by atoms with Crippen molar-refractivity contribution in [2.45, 2.75) is 26.0 Å². The Kier molecular flexibility index (Phi) is 8.32. The molecule has 3 amide bonds. The van der Waals surface area contributed by atoms with Gasteiger partial charge in [-0.05, 0) is 36.8 Å². The number of benzene rings is 2. The molecule has 9 nitrogen and oxygen atoms in total. The molecule has 2 aromatic rings. The van der Waals surface area contributed by atoms with E-state index in [0.29, 0.717) is 58.2 Å².